The molecule has 1 aromatic rings. The van der Waals surface area contributed by atoms with E-state index in [2.05, 4.69) is 22.5 Å². The van der Waals surface area contributed by atoms with E-state index in [-0.39, 0.29) is 0 Å². The first-order chi connectivity index (χ1) is 6.45. The van der Waals surface area contributed by atoms with E-state index in [1.54, 1.807) is 16.0 Å². The molecule has 70 valence electrons. The molecule has 1 saturated heterocycles. The van der Waals surface area contributed by atoms with Crippen LogP contribution in [0.2, 0.25) is 0 Å². The molecule has 0 aromatic carbocycles. The van der Waals surface area contributed by atoms with Crippen LogP contribution in [0.3, 0.4) is 0 Å². The van der Waals surface area contributed by atoms with Crippen molar-refractivity contribution < 1.29 is 0 Å². The normalized spacial score (nSPS) is 26.6. The summed E-state index contributed by atoms with van der Waals surface area (Å²) < 4.78 is 0. The second-order valence-electron chi connectivity index (χ2n) is 3.78. The van der Waals surface area contributed by atoms with Crippen molar-refractivity contribution in [2.45, 2.75) is 23.8 Å². The summed E-state index contributed by atoms with van der Waals surface area (Å²) in [4.78, 5) is 1.65. The highest BCUT2D eigenvalue weighted by molar-refractivity contribution is 7.98. The average molecular weight is 211 g/mol. The Kier molecular flexibility index (Phi) is 2.11. The molecular formula is C10H13NS2. The van der Waals surface area contributed by atoms with Crippen molar-refractivity contribution in [1.29, 1.82) is 0 Å². The highest BCUT2D eigenvalue weighted by atomic mass is 32.2. The first-order valence-corrected chi connectivity index (χ1v) is 6.86. The van der Waals surface area contributed by atoms with Crippen molar-refractivity contribution in [1.82, 2.24) is 5.32 Å². The van der Waals surface area contributed by atoms with Gasteiger partial charge >= 0.3 is 0 Å². The second-order valence-corrected chi connectivity index (χ2v) is 5.73. The number of thiophene rings is 1. The lowest BCUT2D eigenvalue weighted by Gasteiger charge is -2.07. The zero-order valence-corrected chi connectivity index (χ0v) is 9.14. The number of thioether (sulfide) groups is 1. The molecule has 1 aromatic heterocycles. The number of hydrogen-bond acceptors (Lipinski definition) is 3. The lowest BCUT2D eigenvalue weighted by molar-refractivity contribution is 0.760. The Morgan fingerprint density at radius 3 is 3.23 bits per heavy atom. The smallest absolute Gasteiger partial charge is 0.0285 e. The maximum Gasteiger partial charge on any atom is 0.0285 e. The zero-order valence-electron chi connectivity index (χ0n) is 7.51. The SMILES string of the molecule is c1sc2c(c1C1CCNC1)CSC2. The molecule has 0 bridgehead atoms. The largest absolute Gasteiger partial charge is 0.316 e. The van der Waals surface area contributed by atoms with Gasteiger partial charge in [-0.2, -0.15) is 11.8 Å². The predicted molar refractivity (Wildman–Crippen MR) is 59.5 cm³/mol. The minimum absolute atomic E-state index is 0.818. The summed E-state index contributed by atoms with van der Waals surface area (Å²) in [5.41, 5.74) is 3.35. The third kappa shape index (κ3) is 1.34. The van der Waals surface area contributed by atoms with E-state index in [1.165, 1.54) is 31.0 Å². The molecule has 0 amide bonds. The highest BCUT2D eigenvalue weighted by Crippen LogP contribution is 2.40. The van der Waals surface area contributed by atoms with Crippen molar-refractivity contribution in [2.75, 3.05) is 13.1 Å². The summed E-state index contributed by atoms with van der Waals surface area (Å²) in [6.07, 6.45) is 1.34. The summed E-state index contributed by atoms with van der Waals surface area (Å²) in [7, 11) is 0. The summed E-state index contributed by atoms with van der Waals surface area (Å²) in [6.45, 7) is 2.41. The predicted octanol–water partition coefficient (Wildman–Crippen LogP) is 2.57. The standard InChI is InChI=1S/C10H13NS2/c1-2-11-3-7(1)8-5-13-10-6-12-4-9(8)10/h5,7,11H,1-4,6H2. The van der Waals surface area contributed by atoms with Gasteiger partial charge in [0, 0.05) is 22.9 Å². The van der Waals surface area contributed by atoms with Crippen LogP contribution in [0.5, 0.6) is 0 Å². The van der Waals surface area contributed by atoms with Gasteiger partial charge in [-0.25, -0.2) is 0 Å². The molecule has 0 spiro atoms. The van der Waals surface area contributed by atoms with Gasteiger partial charge in [-0.1, -0.05) is 0 Å². The Hall–Kier alpha value is 0.01000. The van der Waals surface area contributed by atoms with Gasteiger partial charge in [0.25, 0.3) is 0 Å². The maximum atomic E-state index is 3.45. The van der Waals surface area contributed by atoms with Crippen LogP contribution in [0.25, 0.3) is 0 Å². The molecule has 0 aliphatic carbocycles. The lowest BCUT2D eigenvalue weighted by atomic mass is 9.97. The van der Waals surface area contributed by atoms with Crippen LogP contribution in [0.4, 0.5) is 0 Å². The molecule has 2 aliphatic heterocycles. The van der Waals surface area contributed by atoms with Crippen LogP contribution in [0, 0.1) is 0 Å². The van der Waals surface area contributed by atoms with Gasteiger partial charge in [0.15, 0.2) is 0 Å². The van der Waals surface area contributed by atoms with E-state index < -0.39 is 0 Å². The molecule has 1 fully saturated rings. The molecule has 0 radical (unpaired) electrons. The minimum Gasteiger partial charge on any atom is -0.316 e. The fourth-order valence-corrected chi connectivity index (χ4v) is 4.79. The van der Waals surface area contributed by atoms with E-state index in [4.69, 9.17) is 0 Å². The zero-order chi connectivity index (χ0) is 8.67. The summed E-state index contributed by atoms with van der Waals surface area (Å²) in [5.74, 6) is 3.35. The number of nitrogens with one attached hydrogen (secondary N) is 1. The van der Waals surface area contributed by atoms with Crippen LogP contribution in [-0.2, 0) is 11.5 Å². The fourth-order valence-electron chi connectivity index (χ4n) is 2.23. The first-order valence-electron chi connectivity index (χ1n) is 4.83. The quantitative estimate of drug-likeness (QED) is 0.766. The summed E-state index contributed by atoms with van der Waals surface area (Å²) >= 11 is 4.05. The fraction of sp³-hybridized carbons (Fsp3) is 0.600. The average Bonchev–Trinajstić information content (AvgIpc) is 2.79. The van der Waals surface area contributed by atoms with Crippen molar-refractivity contribution in [3.05, 3.63) is 21.4 Å². The third-order valence-electron chi connectivity index (χ3n) is 2.99. The molecule has 1 unspecified atom stereocenters. The van der Waals surface area contributed by atoms with Crippen molar-refractivity contribution >= 4 is 23.1 Å². The molecule has 1 nitrogen and oxygen atoms in total. The Labute approximate surface area is 86.9 Å². The van der Waals surface area contributed by atoms with Gasteiger partial charge in [0.2, 0.25) is 0 Å². The van der Waals surface area contributed by atoms with Crippen LogP contribution in [-0.4, -0.2) is 13.1 Å². The van der Waals surface area contributed by atoms with Crippen molar-refractivity contribution in [2.24, 2.45) is 0 Å². The third-order valence-corrected chi connectivity index (χ3v) is 5.21. The first kappa shape index (κ1) is 8.33. The monoisotopic (exact) mass is 211 g/mol. The van der Waals surface area contributed by atoms with Crippen LogP contribution >= 0.6 is 23.1 Å². The molecule has 3 heteroatoms. The van der Waals surface area contributed by atoms with Crippen LogP contribution in [0.15, 0.2) is 5.38 Å². The molecule has 1 N–H and O–H groups in total. The summed E-state index contributed by atoms with van der Waals surface area (Å²) in [6, 6.07) is 0. The molecule has 3 rings (SSSR count). The van der Waals surface area contributed by atoms with E-state index in [0.717, 1.165) is 5.92 Å². The Morgan fingerprint density at radius 2 is 2.38 bits per heavy atom. The number of hydrogen-bond donors (Lipinski definition) is 1. The van der Waals surface area contributed by atoms with Gasteiger partial charge in [0.1, 0.15) is 0 Å². The van der Waals surface area contributed by atoms with Crippen LogP contribution < -0.4 is 5.32 Å². The van der Waals surface area contributed by atoms with E-state index in [9.17, 15) is 0 Å². The topological polar surface area (TPSA) is 12.0 Å². The Morgan fingerprint density at radius 1 is 1.38 bits per heavy atom. The Balaban J connectivity index is 1.95. The molecule has 0 saturated carbocycles. The second kappa shape index (κ2) is 3.30. The molecule has 3 heterocycles. The molecule has 13 heavy (non-hydrogen) atoms. The molecule has 1 atom stereocenters. The molecule has 2 aliphatic rings. The number of rotatable bonds is 1. The Bertz CT molecular complexity index is 313. The van der Waals surface area contributed by atoms with Gasteiger partial charge < -0.3 is 5.32 Å². The van der Waals surface area contributed by atoms with Gasteiger partial charge in [0.05, 0.1) is 0 Å². The lowest BCUT2D eigenvalue weighted by Crippen LogP contribution is -2.08. The number of fused-ring (bicyclic) bond motifs is 1. The van der Waals surface area contributed by atoms with Crippen molar-refractivity contribution in [3.63, 3.8) is 0 Å². The van der Waals surface area contributed by atoms with Gasteiger partial charge in [-0.05, 0) is 35.4 Å². The molecular weight excluding hydrogens is 198 g/mol. The minimum atomic E-state index is 0.818. The van der Waals surface area contributed by atoms with E-state index in [1.807, 2.05) is 11.3 Å². The van der Waals surface area contributed by atoms with E-state index >= 15 is 0 Å². The highest BCUT2D eigenvalue weighted by Gasteiger charge is 2.24. The van der Waals surface area contributed by atoms with Crippen molar-refractivity contribution in [3.8, 4) is 0 Å². The van der Waals surface area contributed by atoms with Gasteiger partial charge in [-0.3, -0.25) is 0 Å². The summed E-state index contributed by atoms with van der Waals surface area (Å²) in [5, 5.41) is 5.85. The maximum absolute atomic E-state index is 3.45. The van der Waals surface area contributed by atoms with E-state index in [0.29, 0.717) is 0 Å². The van der Waals surface area contributed by atoms with Crippen LogP contribution in [0.1, 0.15) is 28.3 Å². The van der Waals surface area contributed by atoms with Gasteiger partial charge in [-0.15, -0.1) is 11.3 Å².